The van der Waals surface area contributed by atoms with Crippen LogP contribution in [-0.2, 0) is 23.8 Å². The Labute approximate surface area is 198 Å². The third kappa shape index (κ3) is 6.85. The lowest BCUT2D eigenvalue weighted by Gasteiger charge is -2.43. The molecule has 0 aromatic heterocycles. The van der Waals surface area contributed by atoms with Crippen LogP contribution in [0.3, 0.4) is 0 Å². The third-order valence-electron chi connectivity index (χ3n) is 7.07. The van der Waals surface area contributed by atoms with Gasteiger partial charge in [-0.05, 0) is 72.2 Å². The zero-order valence-electron chi connectivity index (χ0n) is 21.4. The van der Waals surface area contributed by atoms with Gasteiger partial charge in [0.15, 0.2) is 12.1 Å². The van der Waals surface area contributed by atoms with Gasteiger partial charge < -0.3 is 29.3 Å². The zero-order chi connectivity index (χ0) is 25.1. The highest BCUT2D eigenvalue weighted by Crippen LogP contribution is 2.32. The Kier molecular flexibility index (Phi) is 9.65. The van der Waals surface area contributed by atoms with Gasteiger partial charge in [-0.3, -0.25) is 9.59 Å². The number of ether oxygens (including phenoxy) is 3. The van der Waals surface area contributed by atoms with Gasteiger partial charge in [-0.25, -0.2) is 0 Å². The molecular formula is C25H43NO7. The first-order chi connectivity index (χ1) is 15.3. The monoisotopic (exact) mass is 469 g/mol. The number of rotatable bonds is 4. The van der Waals surface area contributed by atoms with Gasteiger partial charge in [0.1, 0.15) is 17.8 Å². The van der Waals surface area contributed by atoms with Crippen LogP contribution >= 0.6 is 0 Å². The first kappa shape index (κ1) is 27.9. The SMILES string of the molecule is CCC1OC(=O)C(C)C(OC2OC(C)CC(N(C)C)C2O)C(C)CC(C)C(=O)C=CC1(C)O. The van der Waals surface area contributed by atoms with Crippen LogP contribution in [0.4, 0.5) is 0 Å². The molecule has 0 aromatic carbocycles. The quantitative estimate of drug-likeness (QED) is 0.605. The molecule has 10 unspecified atom stereocenters. The molecule has 0 aromatic rings. The highest BCUT2D eigenvalue weighted by Gasteiger charge is 2.43. The highest BCUT2D eigenvalue weighted by molar-refractivity contribution is 5.91. The van der Waals surface area contributed by atoms with Crippen molar-refractivity contribution in [2.75, 3.05) is 14.1 Å². The Morgan fingerprint density at radius 2 is 1.82 bits per heavy atom. The summed E-state index contributed by atoms with van der Waals surface area (Å²) in [5.74, 6) is -1.81. The topological polar surface area (TPSA) is 106 Å². The van der Waals surface area contributed by atoms with Gasteiger partial charge in [0.05, 0.1) is 18.1 Å². The summed E-state index contributed by atoms with van der Waals surface area (Å²) in [6.07, 6.45) is 0.943. The average molecular weight is 470 g/mol. The molecule has 2 aliphatic rings. The molecule has 2 aliphatic heterocycles. The van der Waals surface area contributed by atoms with Crippen LogP contribution in [-0.4, -0.2) is 83.3 Å². The van der Waals surface area contributed by atoms with E-state index in [0.29, 0.717) is 19.3 Å². The summed E-state index contributed by atoms with van der Waals surface area (Å²) >= 11 is 0. The van der Waals surface area contributed by atoms with Crippen molar-refractivity contribution in [2.24, 2.45) is 17.8 Å². The number of aliphatic hydroxyl groups excluding tert-OH is 1. The normalized spacial score (nSPS) is 43.7. The summed E-state index contributed by atoms with van der Waals surface area (Å²) in [6.45, 7) is 10.8. The summed E-state index contributed by atoms with van der Waals surface area (Å²) in [7, 11) is 3.80. The van der Waals surface area contributed by atoms with Crippen molar-refractivity contribution >= 4 is 11.8 Å². The molecule has 2 rings (SSSR count). The predicted molar refractivity (Wildman–Crippen MR) is 124 cm³/mol. The van der Waals surface area contributed by atoms with Crippen LogP contribution in [0.1, 0.15) is 60.8 Å². The molecule has 0 aliphatic carbocycles. The molecule has 0 radical (unpaired) electrons. The number of nitrogens with zero attached hydrogens (tertiary/aromatic N) is 1. The maximum absolute atomic E-state index is 13.1. The molecule has 10 atom stereocenters. The molecule has 8 heteroatoms. The molecule has 190 valence electrons. The second-order valence-corrected chi connectivity index (χ2v) is 10.4. The van der Waals surface area contributed by atoms with E-state index >= 15 is 0 Å². The molecule has 1 fully saturated rings. The first-order valence-electron chi connectivity index (χ1n) is 12.1. The van der Waals surface area contributed by atoms with Crippen molar-refractivity contribution in [1.29, 1.82) is 0 Å². The Morgan fingerprint density at radius 3 is 2.39 bits per heavy atom. The lowest BCUT2D eigenvalue weighted by atomic mass is 9.84. The van der Waals surface area contributed by atoms with Gasteiger partial charge in [-0.1, -0.05) is 20.8 Å². The molecule has 1 saturated heterocycles. The summed E-state index contributed by atoms with van der Waals surface area (Å²) in [6, 6.07) is -0.146. The fourth-order valence-corrected chi connectivity index (χ4v) is 4.88. The minimum Gasteiger partial charge on any atom is -0.459 e. The van der Waals surface area contributed by atoms with Gasteiger partial charge in [-0.2, -0.15) is 0 Å². The van der Waals surface area contributed by atoms with E-state index in [2.05, 4.69) is 0 Å². The Bertz CT molecular complexity index is 707. The minimum atomic E-state index is -1.47. The van der Waals surface area contributed by atoms with Gasteiger partial charge in [0.25, 0.3) is 0 Å². The summed E-state index contributed by atoms with van der Waals surface area (Å²) in [5.41, 5.74) is -1.47. The van der Waals surface area contributed by atoms with E-state index in [1.54, 1.807) is 6.92 Å². The first-order valence-corrected chi connectivity index (χ1v) is 12.1. The molecule has 0 spiro atoms. The molecule has 8 nitrogen and oxygen atoms in total. The number of carbonyl (C=O) groups is 2. The molecule has 0 bridgehead atoms. The fourth-order valence-electron chi connectivity index (χ4n) is 4.88. The van der Waals surface area contributed by atoms with Crippen molar-refractivity contribution in [3.05, 3.63) is 12.2 Å². The number of esters is 1. The molecule has 33 heavy (non-hydrogen) atoms. The smallest absolute Gasteiger partial charge is 0.311 e. The lowest BCUT2D eigenvalue weighted by Crippen LogP contribution is -2.56. The van der Waals surface area contributed by atoms with Crippen LogP contribution in [0.15, 0.2) is 12.2 Å². The molecular weight excluding hydrogens is 426 g/mol. The number of carbonyl (C=O) groups excluding carboxylic acids is 2. The van der Waals surface area contributed by atoms with Crippen LogP contribution < -0.4 is 0 Å². The number of ketones is 1. The number of allylic oxidation sites excluding steroid dienone is 1. The van der Waals surface area contributed by atoms with E-state index in [0.717, 1.165) is 0 Å². The van der Waals surface area contributed by atoms with Crippen LogP contribution in [0.5, 0.6) is 0 Å². The highest BCUT2D eigenvalue weighted by atomic mass is 16.7. The van der Waals surface area contributed by atoms with Gasteiger partial charge >= 0.3 is 5.97 Å². The molecule has 0 saturated carbocycles. The van der Waals surface area contributed by atoms with Gasteiger partial charge in [0.2, 0.25) is 0 Å². The van der Waals surface area contributed by atoms with Crippen LogP contribution in [0.25, 0.3) is 0 Å². The van der Waals surface area contributed by atoms with Crippen LogP contribution in [0, 0.1) is 17.8 Å². The van der Waals surface area contributed by atoms with Gasteiger partial charge in [0, 0.05) is 12.0 Å². The maximum Gasteiger partial charge on any atom is 0.311 e. The third-order valence-corrected chi connectivity index (χ3v) is 7.07. The molecule has 2 heterocycles. The summed E-state index contributed by atoms with van der Waals surface area (Å²) in [4.78, 5) is 27.8. The fraction of sp³-hybridized carbons (Fsp3) is 0.840. The van der Waals surface area contributed by atoms with Gasteiger partial charge in [-0.15, -0.1) is 0 Å². The Balaban J connectivity index is 2.36. The summed E-state index contributed by atoms with van der Waals surface area (Å²) < 4.78 is 17.9. The minimum absolute atomic E-state index is 0.106. The number of hydrogen-bond acceptors (Lipinski definition) is 8. The van der Waals surface area contributed by atoms with Crippen molar-refractivity contribution in [3.63, 3.8) is 0 Å². The van der Waals surface area contributed by atoms with Crippen molar-refractivity contribution in [2.45, 2.75) is 103 Å². The molecule has 0 amide bonds. The van der Waals surface area contributed by atoms with Crippen molar-refractivity contribution in [1.82, 2.24) is 4.90 Å². The second-order valence-electron chi connectivity index (χ2n) is 10.4. The van der Waals surface area contributed by atoms with E-state index in [1.165, 1.54) is 19.1 Å². The van der Waals surface area contributed by atoms with Crippen LogP contribution in [0.2, 0.25) is 0 Å². The number of hydrogen-bond donors (Lipinski definition) is 2. The van der Waals surface area contributed by atoms with E-state index in [9.17, 15) is 19.8 Å². The standard InChI is InChI=1S/C25H43NO7/c1-9-20-25(6,30)11-10-19(27)14(2)12-15(3)22(17(5)23(29)32-20)33-24-21(28)18(26(7)8)13-16(4)31-24/h10-11,14-18,20-22,24,28,30H,9,12-13H2,1-8H3. The van der Waals surface area contributed by atoms with Crippen molar-refractivity contribution < 1.29 is 34.0 Å². The number of aliphatic hydroxyl groups is 2. The zero-order valence-corrected chi connectivity index (χ0v) is 21.4. The second kappa shape index (κ2) is 11.4. The van der Waals surface area contributed by atoms with Crippen molar-refractivity contribution in [3.8, 4) is 0 Å². The Hall–Kier alpha value is -1.32. The molecule has 2 N–H and O–H groups in total. The summed E-state index contributed by atoms with van der Waals surface area (Å²) in [5, 5.41) is 21.8. The number of likely N-dealkylation sites (N-methyl/N-ethyl adjacent to an activating group) is 1. The largest absolute Gasteiger partial charge is 0.459 e. The average Bonchev–Trinajstić information content (AvgIpc) is 2.74. The Morgan fingerprint density at radius 1 is 1.18 bits per heavy atom. The maximum atomic E-state index is 13.1. The van der Waals surface area contributed by atoms with E-state index < -0.39 is 42.1 Å². The predicted octanol–water partition coefficient (Wildman–Crippen LogP) is 2.31. The van der Waals surface area contributed by atoms with E-state index in [4.69, 9.17) is 14.2 Å². The van der Waals surface area contributed by atoms with E-state index in [-0.39, 0.29) is 29.8 Å². The number of cyclic esters (lactones) is 1. The van der Waals surface area contributed by atoms with E-state index in [1.807, 2.05) is 46.7 Å². The lowest BCUT2D eigenvalue weighted by molar-refractivity contribution is -0.279.